The molecule has 0 aliphatic carbocycles. The molecule has 0 aliphatic heterocycles. The van der Waals surface area contributed by atoms with Crippen LogP contribution >= 0.6 is 0 Å². The number of imidazole rings is 1. The fourth-order valence-electron chi connectivity index (χ4n) is 2.00. The molecule has 102 valence electrons. The molecule has 3 heterocycles. The van der Waals surface area contributed by atoms with E-state index in [2.05, 4.69) is 15.3 Å². The number of hydrogen-bond donors (Lipinski definition) is 1. The second kappa shape index (κ2) is 5.71. The zero-order valence-electron chi connectivity index (χ0n) is 11.3. The van der Waals surface area contributed by atoms with Crippen LogP contribution in [0.1, 0.15) is 11.4 Å². The van der Waals surface area contributed by atoms with Gasteiger partial charge in [0.2, 0.25) is 0 Å². The van der Waals surface area contributed by atoms with Crippen molar-refractivity contribution in [1.82, 2.24) is 19.7 Å². The van der Waals surface area contributed by atoms with E-state index >= 15 is 0 Å². The van der Waals surface area contributed by atoms with E-state index in [-0.39, 0.29) is 0 Å². The van der Waals surface area contributed by atoms with Gasteiger partial charge in [-0.05, 0) is 31.3 Å². The monoisotopic (exact) mass is 268 g/mol. The molecule has 0 aliphatic rings. The standard InChI is InChI=1S/C15H16N4O/c1-16-8-12-5-6-14(9-17-12)20-11-13-10-19-7-3-2-4-15(19)18-13/h2-7,9-10,16H,8,11H2,1H3. The molecule has 0 saturated heterocycles. The zero-order chi connectivity index (χ0) is 13.8. The third kappa shape index (κ3) is 2.78. The molecular formula is C15H16N4O. The molecule has 0 amide bonds. The molecular weight excluding hydrogens is 252 g/mol. The van der Waals surface area contributed by atoms with E-state index < -0.39 is 0 Å². The Kier molecular flexibility index (Phi) is 3.60. The van der Waals surface area contributed by atoms with Crippen molar-refractivity contribution in [1.29, 1.82) is 0 Å². The van der Waals surface area contributed by atoms with E-state index in [1.54, 1.807) is 6.20 Å². The first kappa shape index (κ1) is 12.6. The highest BCUT2D eigenvalue weighted by Crippen LogP contribution is 2.12. The average molecular weight is 268 g/mol. The summed E-state index contributed by atoms with van der Waals surface area (Å²) in [6, 6.07) is 9.80. The SMILES string of the molecule is CNCc1ccc(OCc2cn3ccccc3n2)cn1. The summed E-state index contributed by atoms with van der Waals surface area (Å²) in [5.41, 5.74) is 2.82. The predicted molar refractivity (Wildman–Crippen MR) is 76.5 cm³/mol. The maximum Gasteiger partial charge on any atom is 0.138 e. The normalized spacial score (nSPS) is 10.8. The van der Waals surface area contributed by atoms with Crippen LogP contribution in [0.15, 0.2) is 48.9 Å². The van der Waals surface area contributed by atoms with Gasteiger partial charge in [-0.15, -0.1) is 0 Å². The molecule has 0 aromatic carbocycles. The molecule has 0 atom stereocenters. The minimum atomic E-state index is 0.439. The second-order valence-corrected chi connectivity index (χ2v) is 4.50. The maximum atomic E-state index is 5.70. The van der Waals surface area contributed by atoms with Crippen LogP contribution in [-0.4, -0.2) is 21.4 Å². The number of aromatic nitrogens is 3. The van der Waals surface area contributed by atoms with Crippen LogP contribution in [0.2, 0.25) is 0 Å². The fraction of sp³-hybridized carbons (Fsp3) is 0.200. The van der Waals surface area contributed by atoms with Crippen molar-refractivity contribution in [2.24, 2.45) is 0 Å². The molecule has 3 rings (SSSR count). The first-order valence-corrected chi connectivity index (χ1v) is 6.50. The molecule has 5 nitrogen and oxygen atoms in total. The van der Waals surface area contributed by atoms with Crippen molar-refractivity contribution in [3.63, 3.8) is 0 Å². The van der Waals surface area contributed by atoms with Gasteiger partial charge in [-0.25, -0.2) is 4.98 Å². The minimum absolute atomic E-state index is 0.439. The Bertz CT molecular complexity index is 657. The van der Waals surface area contributed by atoms with E-state index in [4.69, 9.17) is 4.74 Å². The van der Waals surface area contributed by atoms with Gasteiger partial charge >= 0.3 is 0 Å². The van der Waals surface area contributed by atoms with Crippen molar-refractivity contribution in [2.75, 3.05) is 7.05 Å². The van der Waals surface area contributed by atoms with Crippen LogP contribution in [-0.2, 0) is 13.2 Å². The first-order valence-electron chi connectivity index (χ1n) is 6.50. The van der Waals surface area contributed by atoms with E-state index in [0.29, 0.717) is 6.61 Å². The summed E-state index contributed by atoms with van der Waals surface area (Å²) in [4.78, 5) is 8.79. The number of fused-ring (bicyclic) bond motifs is 1. The Morgan fingerprint density at radius 1 is 1.20 bits per heavy atom. The van der Waals surface area contributed by atoms with Gasteiger partial charge < -0.3 is 14.5 Å². The molecule has 5 heteroatoms. The van der Waals surface area contributed by atoms with Gasteiger partial charge in [-0.1, -0.05) is 6.07 Å². The molecule has 0 saturated carbocycles. The Hall–Kier alpha value is -2.40. The summed E-state index contributed by atoms with van der Waals surface area (Å²) in [5, 5.41) is 3.06. The maximum absolute atomic E-state index is 5.70. The van der Waals surface area contributed by atoms with E-state index in [1.807, 2.05) is 54.2 Å². The quantitative estimate of drug-likeness (QED) is 0.769. The fourth-order valence-corrected chi connectivity index (χ4v) is 2.00. The Labute approximate surface area is 117 Å². The molecule has 3 aromatic heterocycles. The molecule has 0 fully saturated rings. The summed E-state index contributed by atoms with van der Waals surface area (Å²) in [6.45, 7) is 1.20. The van der Waals surface area contributed by atoms with Gasteiger partial charge in [0.1, 0.15) is 18.0 Å². The second-order valence-electron chi connectivity index (χ2n) is 4.50. The van der Waals surface area contributed by atoms with Crippen molar-refractivity contribution < 1.29 is 4.74 Å². The number of nitrogens with one attached hydrogen (secondary N) is 1. The lowest BCUT2D eigenvalue weighted by Gasteiger charge is -2.04. The zero-order valence-corrected chi connectivity index (χ0v) is 11.3. The van der Waals surface area contributed by atoms with E-state index in [1.165, 1.54) is 0 Å². The molecule has 0 unspecified atom stereocenters. The number of hydrogen-bond acceptors (Lipinski definition) is 4. The summed E-state index contributed by atoms with van der Waals surface area (Å²) in [6.07, 6.45) is 5.68. The van der Waals surface area contributed by atoms with Gasteiger partial charge in [-0.3, -0.25) is 4.98 Å². The summed E-state index contributed by atoms with van der Waals surface area (Å²) >= 11 is 0. The van der Waals surface area contributed by atoms with Gasteiger partial charge in [0.25, 0.3) is 0 Å². The van der Waals surface area contributed by atoms with Crippen LogP contribution in [0.25, 0.3) is 5.65 Å². The average Bonchev–Trinajstić information content (AvgIpc) is 2.90. The van der Waals surface area contributed by atoms with Gasteiger partial charge in [0.15, 0.2) is 0 Å². The molecule has 0 bridgehead atoms. The highest BCUT2D eigenvalue weighted by molar-refractivity contribution is 5.39. The Balaban J connectivity index is 1.66. The molecule has 20 heavy (non-hydrogen) atoms. The first-order chi connectivity index (χ1) is 9.85. The third-order valence-electron chi connectivity index (χ3n) is 2.96. The van der Waals surface area contributed by atoms with Crippen LogP contribution in [0.5, 0.6) is 5.75 Å². The summed E-state index contributed by atoms with van der Waals surface area (Å²) in [5.74, 6) is 0.752. The van der Waals surface area contributed by atoms with Crippen molar-refractivity contribution in [3.8, 4) is 5.75 Å². The smallest absolute Gasteiger partial charge is 0.138 e. The lowest BCUT2D eigenvalue weighted by molar-refractivity contribution is 0.300. The Morgan fingerprint density at radius 2 is 2.15 bits per heavy atom. The van der Waals surface area contributed by atoms with Crippen molar-refractivity contribution in [2.45, 2.75) is 13.2 Å². The van der Waals surface area contributed by atoms with Gasteiger partial charge in [0, 0.05) is 18.9 Å². The minimum Gasteiger partial charge on any atom is -0.486 e. The largest absolute Gasteiger partial charge is 0.486 e. The Morgan fingerprint density at radius 3 is 2.90 bits per heavy atom. The summed E-state index contributed by atoms with van der Waals surface area (Å²) in [7, 11) is 1.90. The molecule has 0 radical (unpaired) electrons. The number of nitrogens with zero attached hydrogens (tertiary/aromatic N) is 3. The predicted octanol–water partition coefficient (Wildman–Crippen LogP) is 2.03. The van der Waals surface area contributed by atoms with Gasteiger partial charge in [0.05, 0.1) is 17.6 Å². The lowest BCUT2D eigenvalue weighted by Crippen LogP contribution is -2.06. The molecule has 0 spiro atoms. The van der Waals surface area contributed by atoms with Crippen LogP contribution in [0.3, 0.4) is 0 Å². The summed E-state index contributed by atoms with van der Waals surface area (Å²) < 4.78 is 7.68. The van der Waals surface area contributed by atoms with Crippen LogP contribution in [0, 0.1) is 0 Å². The number of rotatable bonds is 5. The van der Waals surface area contributed by atoms with Gasteiger partial charge in [-0.2, -0.15) is 0 Å². The highest BCUT2D eigenvalue weighted by Gasteiger charge is 2.02. The van der Waals surface area contributed by atoms with Crippen LogP contribution < -0.4 is 10.1 Å². The van der Waals surface area contributed by atoms with Crippen molar-refractivity contribution in [3.05, 3.63) is 60.3 Å². The molecule has 3 aromatic rings. The number of pyridine rings is 2. The molecule has 1 N–H and O–H groups in total. The van der Waals surface area contributed by atoms with Crippen LogP contribution in [0.4, 0.5) is 0 Å². The van der Waals surface area contributed by atoms with E-state index in [9.17, 15) is 0 Å². The van der Waals surface area contributed by atoms with Crippen molar-refractivity contribution >= 4 is 5.65 Å². The highest BCUT2D eigenvalue weighted by atomic mass is 16.5. The van der Waals surface area contributed by atoms with E-state index in [0.717, 1.165) is 29.3 Å². The third-order valence-corrected chi connectivity index (χ3v) is 2.96. The number of ether oxygens (including phenoxy) is 1. The lowest BCUT2D eigenvalue weighted by atomic mass is 10.3. The topological polar surface area (TPSA) is 51.5 Å².